The van der Waals surface area contributed by atoms with Crippen molar-refractivity contribution in [3.8, 4) is 0 Å². The van der Waals surface area contributed by atoms with Gasteiger partial charge in [0.25, 0.3) is 0 Å². The molecule has 0 aliphatic carbocycles. The molecule has 2 unspecified atom stereocenters. The number of halogens is 1. The van der Waals surface area contributed by atoms with Gasteiger partial charge < -0.3 is 10.4 Å². The zero-order valence-electron chi connectivity index (χ0n) is 11.3. The summed E-state index contributed by atoms with van der Waals surface area (Å²) < 4.78 is 13.5. The lowest BCUT2D eigenvalue weighted by molar-refractivity contribution is 0.249. The van der Waals surface area contributed by atoms with Crippen molar-refractivity contribution in [2.24, 2.45) is 5.92 Å². The molecule has 18 heavy (non-hydrogen) atoms. The highest BCUT2D eigenvalue weighted by Gasteiger charge is 2.10. The summed E-state index contributed by atoms with van der Waals surface area (Å²) in [5.74, 6) is 0.367. The minimum atomic E-state index is -0.131. The smallest absolute Gasteiger partial charge is 0.126 e. The highest BCUT2D eigenvalue weighted by molar-refractivity contribution is 5.18. The molecular weight excluding hydrogens is 229 g/mol. The molecule has 1 aromatic carbocycles. The predicted octanol–water partition coefficient (Wildman–Crippen LogP) is 2.75. The molecule has 1 aromatic rings. The summed E-state index contributed by atoms with van der Waals surface area (Å²) in [5, 5.41) is 12.3. The molecule has 0 aliphatic heterocycles. The molecule has 0 radical (unpaired) electrons. The van der Waals surface area contributed by atoms with Crippen LogP contribution in [0.3, 0.4) is 0 Å². The molecule has 0 heterocycles. The molecule has 3 heteroatoms. The standard InChI is InChI=1S/C15H24FNO/c1-3-13(8-9-18)11-17-12(2)10-14-6-4-5-7-15(14)16/h4-7,12-13,17-18H,3,8-11H2,1-2H3. The SMILES string of the molecule is CCC(CCO)CNC(C)Cc1ccccc1F. The Morgan fingerprint density at radius 3 is 2.67 bits per heavy atom. The summed E-state index contributed by atoms with van der Waals surface area (Å²) in [6.45, 7) is 5.32. The van der Waals surface area contributed by atoms with E-state index in [0.717, 1.165) is 24.9 Å². The highest BCUT2D eigenvalue weighted by Crippen LogP contribution is 2.10. The van der Waals surface area contributed by atoms with Crippen LogP contribution >= 0.6 is 0 Å². The number of hydrogen-bond donors (Lipinski definition) is 2. The van der Waals surface area contributed by atoms with Crippen molar-refractivity contribution in [3.63, 3.8) is 0 Å². The van der Waals surface area contributed by atoms with E-state index in [1.54, 1.807) is 6.07 Å². The van der Waals surface area contributed by atoms with Gasteiger partial charge in [0, 0.05) is 12.6 Å². The van der Waals surface area contributed by atoms with Crippen LogP contribution in [0.4, 0.5) is 4.39 Å². The maximum atomic E-state index is 13.5. The van der Waals surface area contributed by atoms with Gasteiger partial charge in [-0.3, -0.25) is 0 Å². The Morgan fingerprint density at radius 2 is 2.06 bits per heavy atom. The predicted molar refractivity (Wildman–Crippen MR) is 73.1 cm³/mol. The fourth-order valence-electron chi connectivity index (χ4n) is 2.07. The number of rotatable bonds is 8. The minimum Gasteiger partial charge on any atom is -0.396 e. The number of aliphatic hydroxyl groups is 1. The zero-order chi connectivity index (χ0) is 13.4. The minimum absolute atomic E-state index is 0.131. The van der Waals surface area contributed by atoms with E-state index in [-0.39, 0.29) is 18.5 Å². The van der Waals surface area contributed by atoms with Crippen LogP contribution in [0.15, 0.2) is 24.3 Å². The van der Waals surface area contributed by atoms with Crippen LogP contribution in [0, 0.1) is 11.7 Å². The largest absolute Gasteiger partial charge is 0.396 e. The molecule has 0 saturated heterocycles. The Hall–Kier alpha value is -0.930. The lowest BCUT2D eigenvalue weighted by Crippen LogP contribution is -2.33. The average Bonchev–Trinajstić information content (AvgIpc) is 2.37. The van der Waals surface area contributed by atoms with E-state index in [0.29, 0.717) is 12.3 Å². The fourth-order valence-corrected chi connectivity index (χ4v) is 2.07. The maximum absolute atomic E-state index is 13.5. The van der Waals surface area contributed by atoms with Crippen LogP contribution in [-0.4, -0.2) is 24.3 Å². The van der Waals surface area contributed by atoms with Gasteiger partial charge in [0.2, 0.25) is 0 Å². The molecule has 2 atom stereocenters. The number of aliphatic hydroxyl groups excluding tert-OH is 1. The number of hydrogen-bond acceptors (Lipinski definition) is 2. The van der Waals surface area contributed by atoms with Gasteiger partial charge in [0.1, 0.15) is 5.82 Å². The molecule has 0 fully saturated rings. The summed E-state index contributed by atoms with van der Waals surface area (Å²) in [7, 11) is 0. The fraction of sp³-hybridized carbons (Fsp3) is 0.600. The Bertz CT molecular complexity index is 343. The summed E-state index contributed by atoms with van der Waals surface area (Å²) >= 11 is 0. The molecular formula is C15H24FNO. The molecule has 0 bridgehead atoms. The summed E-state index contributed by atoms with van der Waals surface area (Å²) in [6, 6.07) is 7.16. The van der Waals surface area contributed by atoms with Crippen molar-refractivity contribution in [1.82, 2.24) is 5.32 Å². The second-order valence-electron chi connectivity index (χ2n) is 4.89. The quantitative estimate of drug-likeness (QED) is 0.746. The molecule has 1 rings (SSSR count). The van der Waals surface area contributed by atoms with Gasteiger partial charge in [-0.05, 0) is 43.9 Å². The van der Waals surface area contributed by atoms with E-state index >= 15 is 0 Å². The summed E-state index contributed by atoms with van der Waals surface area (Å²) in [5.41, 5.74) is 0.757. The van der Waals surface area contributed by atoms with Gasteiger partial charge >= 0.3 is 0 Å². The van der Waals surface area contributed by atoms with Crippen LogP contribution in [0.2, 0.25) is 0 Å². The third-order valence-corrected chi connectivity index (χ3v) is 3.35. The monoisotopic (exact) mass is 253 g/mol. The first-order valence-corrected chi connectivity index (χ1v) is 6.75. The van der Waals surface area contributed by atoms with Crippen molar-refractivity contribution >= 4 is 0 Å². The summed E-state index contributed by atoms with van der Waals surface area (Å²) in [4.78, 5) is 0. The van der Waals surface area contributed by atoms with Crippen LogP contribution in [-0.2, 0) is 6.42 Å². The van der Waals surface area contributed by atoms with E-state index in [1.807, 2.05) is 12.1 Å². The third kappa shape index (κ3) is 5.15. The molecule has 2 N–H and O–H groups in total. The Morgan fingerprint density at radius 1 is 1.33 bits per heavy atom. The van der Waals surface area contributed by atoms with Crippen LogP contribution in [0.25, 0.3) is 0 Å². The lowest BCUT2D eigenvalue weighted by atomic mass is 10.0. The Balaban J connectivity index is 2.37. The normalized spacial score (nSPS) is 14.4. The number of nitrogens with one attached hydrogen (secondary N) is 1. The Labute approximate surface area is 109 Å². The van der Waals surface area contributed by atoms with Crippen molar-refractivity contribution in [2.75, 3.05) is 13.2 Å². The molecule has 102 valence electrons. The van der Waals surface area contributed by atoms with Crippen molar-refractivity contribution in [1.29, 1.82) is 0 Å². The molecule has 0 saturated carbocycles. The molecule has 0 spiro atoms. The first-order chi connectivity index (χ1) is 8.67. The second-order valence-corrected chi connectivity index (χ2v) is 4.89. The second kappa shape index (κ2) is 8.22. The van der Waals surface area contributed by atoms with Crippen LogP contribution in [0.5, 0.6) is 0 Å². The molecule has 2 nitrogen and oxygen atoms in total. The van der Waals surface area contributed by atoms with E-state index in [9.17, 15) is 4.39 Å². The zero-order valence-corrected chi connectivity index (χ0v) is 11.3. The lowest BCUT2D eigenvalue weighted by Gasteiger charge is -2.19. The first kappa shape index (κ1) is 15.1. The van der Waals surface area contributed by atoms with E-state index in [4.69, 9.17) is 5.11 Å². The average molecular weight is 253 g/mol. The van der Waals surface area contributed by atoms with Crippen molar-refractivity contribution < 1.29 is 9.50 Å². The highest BCUT2D eigenvalue weighted by atomic mass is 19.1. The first-order valence-electron chi connectivity index (χ1n) is 6.75. The molecule has 0 aromatic heterocycles. The van der Waals surface area contributed by atoms with Gasteiger partial charge in [-0.15, -0.1) is 0 Å². The van der Waals surface area contributed by atoms with Crippen molar-refractivity contribution in [2.45, 2.75) is 39.2 Å². The summed E-state index contributed by atoms with van der Waals surface area (Å²) in [6.07, 6.45) is 2.58. The van der Waals surface area contributed by atoms with Gasteiger partial charge in [-0.1, -0.05) is 31.5 Å². The van der Waals surface area contributed by atoms with E-state index in [1.165, 1.54) is 6.07 Å². The molecule has 0 aliphatic rings. The van der Waals surface area contributed by atoms with E-state index < -0.39 is 0 Å². The van der Waals surface area contributed by atoms with Crippen LogP contribution in [0.1, 0.15) is 32.3 Å². The van der Waals surface area contributed by atoms with Crippen LogP contribution < -0.4 is 5.32 Å². The maximum Gasteiger partial charge on any atom is 0.126 e. The van der Waals surface area contributed by atoms with E-state index in [2.05, 4.69) is 19.2 Å². The Kier molecular flexibility index (Phi) is 6.91. The topological polar surface area (TPSA) is 32.3 Å². The number of benzene rings is 1. The molecule has 0 amide bonds. The van der Waals surface area contributed by atoms with Gasteiger partial charge in [-0.2, -0.15) is 0 Å². The van der Waals surface area contributed by atoms with Crippen molar-refractivity contribution in [3.05, 3.63) is 35.6 Å². The van der Waals surface area contributed by atoms with Gasteiger partial charge in [0.15, 0.2) is 0 Å². The van der Waals surface area contributed by atoms with Gasteiger partial charge in [-0.25, -0.2) is 4.39 Å². The van der Waals surface area contributed by atoms with Gasteiger partial charge in [0.05, 0.1) is 0 Å². The third-order valence-electron chi connectivity index (χ3n) is 3.35.